The van der Waals surface area contributed by atoms with Gasteiger partial charge in [0.2, 0.25) is 0 Å². The van der Waals surface area contributed by atoms with Gasteiger partial charge >= 0.3 is 0 Å². The first-order chi connectivity index (χ1) is 5.65. The van der Waals surface area contributed by atoms with E-state index in [9.17, 15) is 5.11 Å². The van der Waals surface area contributed by atoms with Crippen molar-refractivity contribution in [2.24, 2.45) is 5.73 Å². The maximum absolute atomic E-state index is 9.35. The Kier molecular flexibility index (Phi) is 4.77. The molecule has 0 spiro atoms. The van der Waals surface area contributed by atoms with Crippen LogP contribution in [0.25, 0.3) is 0 Å². The molecule has 4 heteroatoms. The van der Waals surface area contributed by atoms with E-state index in [-0.39, 0.29) is 24.8 Å². The van der Waals surface area contributed by atoms with Gasteiger partial charge in [0.25, 0.3) is 0 Å². The fourth-order valence-corrected chi connectivity index (χ4v) is 1.07. The molecule has 0 heterocycles. The van der Waals surface area contributed by atoms with Crippen LogP contribution in [-0.4, -0.2) is 16.8 Å². The molecule has 0 bridgehead atoms. The van der Waals surface area contributed by atoms with E-state index in [2.05, 4.69) is 0 Å². The van der Waals surface area contributed by atoms with E-state index in [1.807, 2.05) is 6.92 Å². The van der Waals surface area contributed by atoms with Gasteiger partial charge in [-0.25, -0.2) is 0 Å². The lowest BCUT2D eigenvalue weighted by Crippen LogP contribution is -2.14. The maximum Gasteiger partial charge on any atom is 0.120 e. The average molecular weight is 204 g/mol. The van der Waals surface area contributed by atoms with Crippen molar-refractivity contribution >= 4 is 12.4 Å². The predicted molar refractivity (Wildman–Crippen MR) is 54.1 cm³/mol. The van der Waals surface area contributed by atoms with Crippen LogP contribution in [0.15, 0.2) is 18.2 Å². The van der Waals surface area contributed by atoms with E-state index >= 15 is 0 Å². The third-order valence-electron chi connectivity index (χ3n) is 1.78. The molecule has 0 aromatic heterocycles. The number of phenolic OH excluding ortho intramolecular Hbond substituents is 1. The molecule has 0 saturated carbocycles. The fraction of sp³-hybridized carbons (Fsp3) is 0.333. The molecule has 4 N–H and O–H groups in total. The lowest BCUT2D eigenvalue weighted by Gasteiger charge is -2.10. The summed E-state index contributed by atoms with van der Waals surface area (Å²) in [7, 11) is 0. The third-order valence-corrected chi connectivity index (χ3v) is 1.78. The summed E-state index contributed by atoms with van der Waals surface area (Å²) in [6.07, 6.45) is 0. The van der Waals surface area contributed by atoms with Crippen LogP contribution in [0, 0.1) is 6.92 Å². The van der Waals surface area contributed by atoms with Gasteiger partial charge in [0.15, 0.2) is 0 Å². The molecule has 0 aliphatic carbocycles. The Hall–Kier alpha value is -0.770. The number of hydrogen-bond acceptors (Lipinski definition) is 3. The summed E-state index contributed by atoms with van der Waals surface area (Å²) >= 11 is 0. The number of phenols is 1. The van der Waals surface area contributed by atoms with Crippen molar-refractivity contribution in [3.05, 3.63) is 29.3 Å². The summed E-state index contributed by atoms with van der Waals surface area (Å²) in [4.78, 5) is 0. The Bertz CT molecular complexity index is 278. The highest BCUT2D eigenvalue weighted by Crippen LogP contribution is 2.23. The van der Waals surface area contributed by atoms with Crippen LogP contribution in [-0.2, 0) is 0 Å². The maximum atomic E-state index is 9.35. The second kappa shape index (κ2) is 5.07. The van der Waals surface area contributed by atoms with Gasteiger partial charge in [-0.3, -0.25) is 0 Å². The van der Waals surface area contributed by atoms with Crippen molar-refractivity contribution in [2.45, 2.75) is 13.0 Å². The van der Waals surface area contributed by atoms with Crippen molar-refractivity contribution in [3.8, 4) is 5.75 Å². The zero-order valence-electron chi connectivity index (χ0n) is 7.40. The third kappa shape index (κ3) is 2.88. The summed E-state index contributed by atoms with van der Waals surface area (Å²) in [5, 5.41) is 18.1. The van der Waals surface area contributed by atoms with Crippen LogP contribution in [0.5, 0.6) is 5.75 Å². The summed E-state index contributed by atoms with van der Waals surface area (Å²) in [5.74, 6) is 0.141. The molecular formula is C9H14ClNO2. The number of nitrogens with two attached hydrogens (primary N) is 1. The van der Waals surface area contributed by atoms with E-state index in [0.29, 0.717) is 5.56 Å². The van der Waals surface area contributed by atoms with Crippen LogP contribution < -0.4 is 5.73 Å². The van der Waals surface area contributed by atoms with Crippen LogP contribution in [0.4, 0.5) is 0 Å². The molecule has 3 nitrogen and oxygen atoms in total. The molecule has 0 radical (unpaired) electrons. The van der Waals surface area contributed by atoms with Gasteiger partial charge in [0.1, 0.15) is 5.75 Å². The first-order valence-electron chi connectivity index (χ1n) is 3.81. The molecule has 1 aromatic rings. The Morgan fingerprint density at radius 1 is 1.46 bits per heavy atom. The fourth-order valence-electron chi connectivity index (χ4n) is 1.07. The summed E-state index contributed by atoms with van der Waals surface area (Å²) in [6, 6.07) is 4.66. The smallest absolute Gasteiger partial charge is 0.120 e. The number of hydrogen-bond donors (Lipinski definition) is 3. The van der Waals surface area contributed by atoms with E-state index in [1.165, 1.54) is 0 Å². The zero-order chi connectivity index (χ0) is 9.14. The number of aliphatic hydroxyl groups is 1. The number of aliphatic hydroxyl groups excluding tert-OH is 1. The lowest BCUT2D eigenvalue weighted by molar-refractivity contribution is 0.265. The second-order valence-corrected chi connectivity index (χ2v) is 2.85. The number of benzene rings is 1. The van der Waals surface area contributed by atoms with Gasteiger partial charge in [0, 0.05) is 5.56 Å². The standard InChI is InChI=1S/C9H13NO2.ClH/c1-6-2-3-9(12)7(4-6)8(10)5-11;/h2-4,8,11-12H,5,10H2,1H3;1H/t8-;/m0./s1. The van der Waals surface area contributed by atoms with Gasteiger partial charge in [-0.05, 0) is 13.0 Å². The highest BCUT2D eigenvalue weighted by molar-refractivity contribution is 5.85. The van der Waals surface area contributed by atoms with Crippen LogP contribution in [0.3, 0.4) is 0 Å². The average Bonchev–Trinajstić information content (AvgIpc) is 2.08. The number of aromatic hydroxyl groups is 1. The molecule has 0 saturated heterocycles. The minimum Gasteiger partial charge on any atom is -0.508 e. The first-order valence-corrected chi connectivity index (χ1v) is 3.81. The van der Waals surface area contributed by atoms with Crippen LogP contribution >= 0.6 is 12.4 Å². The topological polar surface area (TPSA) is 66.5 Å². The monoisotopic (exact) mass is 203 g/mol. The molecule has 0 unspecified atom stereocenters. The molecule has 0 fully saturated rings. The van der Waals surface area contributed by atoms with Gasteiger partial charge < -0.3 is 15.9 Å². The molecular weight excluding hydrogens is 190 g/mol. The van der Waals surface area contributed by atoms with Gasteiger partial charge in [-0.1, -0.05) is 17.7 Å². The van der Waals surface area contributed by atoms with Crippen molar-refractivity contribution in [3.63, 3.8) is 0 Å². The van der Waals surface area contributed by atoms with Gasteiger partial charge in [-0.2, -0.15) is 0 Å². The highest BCUT2D eigenvalue weighted by Gasteiger charge is 2.08. The van der Waals surface area contributed by atoms with Gasteiger partial charge in [-0.15, -0.1) is 12.4 Å². The van der Waals surface area contributed by atoms with E-state index in [0.717, 1.165) is 5.56 Å². The van der Waals surface area contributed by atoms with Crippen LogP contribution in [0.2, 0.25) is 0 Å². The van der Waals surface area contributed by atoms with Gasteiger partial charge in [0.05, 0.1) is 12.6 Å². The quantitative estimate of drug-likeness (QED) is 0.675. The molecule has 0 amide bonds. The molecule has 1 atom stereocenters. The summed E-state index contributed by atoms with van der Waals surface area (Å²) in [5.41, 5.74) is 7.17. The summed E-state index contributed by atoms with van der Waals surface area (Å²) < 4.78 is 0. The molecule has 1 rings (SSSR count). The molecule has 1 aromatic carbocycles. The number of rotatable bonds is 2. The molecule has 13 heavy (non-hydrogen) atoms. The zero-order valence-corrected chi connectivity index (χ0v) is 8.21. The Labute approximate surface area is 83.6 Å². The van der Waals surface area contributed by atoms with E-state index in [1.54, 1.807) is 18.2 Å². The largest absolute Gasteiger partial charge is 0.508 e. The first kappa shape index (κ1) is 12.2. The van der Waals surface area contributed by atoms with E-state index in [4.69, 9.17) is 10.8 Å². The number of aryl methyl sites for hydroxylation is 1. The van der Waals surface area contributed by atoms with Crippen molar-refractivity contribution in [2.75, 3.05) is 6.61 Å². The Morgan fingerprint density at radius 2 is 2.08 bits per heavy atom. The summed E-state index contributed by atoms with van der Waals surface area (Å²) in [6.45, 7) is 1.75. The Balaban J connectivity index is 0.00000144. The highest BCUT2D eigenvalue weighted by atomic mass is 35.5. The molecule has 0 aliphatic rings. The van der Waals surface area contributed by atoms with Crippen molar-refractivity contribution in [1.29, 1.82) is 0 Å². The van der Waals surface area contributed by atoms with Crippen LogP contribution in [0.1, 0.15) is 17.2 Å². The second-order valence-electron chi connectivity index (χ2n) is 2.85. The lowest BCUT2D eigenvalue weighted by atomic mass is 10.0. The number of halogens is 1. The van der Waals surface area contributed by atoms with E-state index < -0.39 is 6.04 Å². The minimum absolute atomic E-state index is 0. The minimum atomic E-state index is -0.495. The van der Waals surface area contributed by atoms with Crippen molar-refractivity contribution < 1.29 is 10.2 Å². The normalized spacial score (nSPS) is 11.9. The molecule has 74 valence electrons. The Morgan fingerprint density at radius 3 is 2.62 bits per heavy atom. The SMILES string of the molecule is Cc1ccc(O)c([C@@H](N)CO)c1.Cl. The molecule has 0 aliphatic heterocycles. The van der Waals surface area contributed by atoms with Crippen molar-refractivity contribution in [1.82, 2.24) is 0 Å². The predicted octanol–water partition coefficient (Wildman–Crippen LogP) is 1.11.